The number of anilines is 1. The van der Waals surface area contributed by atoms with Gasteiger partial charge in [0.25, 0.3) is 10.0 Å². The number of sulfonamides is 1. The fraction of sp³-hybridized carbons (Fsp3) is 0.154. The number of benzene rings is 1. The van der Waals surface area contributed by atoms with Gasteiger partial charge in [-0.3, -0.25) is 4.72 Å². The molecule has 0 aliphatic rings. The Balaban J connectivity index is 2.51. The molecule has 1 aromatic heterocycles. The molecule has 11 heteroatoms. The molecule has 1 N–H and O–H groups in total. The Kier molecular flexibility index (Phi) is 4.48. The van der Waals surface area contributed by atoms with Crippen molar-refractivity contribution in [3.8, 4) is 0 Å². The first-order valence-electron chi connectivity index (χ1n) is 6.14. The Hall–Kier alpha value is -2.30. The average Bonchev–Trinajstić information content (AvgIpc) is 2.45. The highest BCUT2D eigenvalue weighted by Gasteiger charge is 2.38. The number of aromatic nitrogens is 1. The molecule has 2 rings (SSSR count). The summed E-state index contributed by atoms with van der Waals surface area (Å²) in [6.45, 7) is 0. The lowest BCUT2D eigenvalue weighted by Crippen LogP contribution is -2.18. The lowest BCUT2D eigenvalue weighted by Gasteiger charge is -2.14. The van der Waals surface area contributed by atoms with Crippen LogP contribution in [0, 0.1) is 0 Å². The molecule has 1 aromatic carbocycles. The van der Waals surface area contributed by atoms with Crippen molar-refractivity contribution in [2.24, 2.45) is 0 Å². The minimum Gasteiger partial charge on any atom is -0.263 e. The standard InChI is InChI=1S/C13H8F6N2O2S/c14-12(15,16)8-6-10(13(17,18)19)20-11(7-8)21-24(22,23)9-4-2-1-3-5-9/h1-7H,(H,20,21). The fourth-order valence-corrected chi connectivity index (χ4v) is 2.70. The third-order valence-corrected chi connectivity index (χ3v) is 4.11. The molecule has 0 aliphatic carbocycles. The van der Waals surface area contributed by atoms with Gasteiger partial charge in [0, 0.05) is 0 Å². The summed E-state index contributed by atoms with van der Waals surface area (Å²) in [5.74, 6) is -1.08. The number of hydrogen-bond acceptors (Lipinski definition) is 3. The number of alkyl halides is 6. The highest BCUT2D eigenvalue weighted by Crippen LogP contribution is 2.36. The predicted molar refractivity (Wildman–Crippen MR) is 71.5 cm³/mol. The van der Waals surface area contributed by atoms with Crippen LogP contribution in [0.1, 0.15) is 11.3 Å². The highest BCUT2D eigenvalue weighted by atomic mass is 32.2. The lowest BCUT2D eigenvalue weighted by molar-refractivity contribution is -0.145. The van der Waals surface area contributed by atoms with Crippen LogP contribution in [-0.4, -0.2) is 13.4 Å². The van der Waals surface area contributed by atoms with Crippen LogP contribution in [0.4, 0.5) is 32.2 Å². The van der Waals surface area contributed by atoms with Gasteiger partial charge in [-0.25, -0.2) is 13.4 Å². The number of hydrogen-bond donors (Lipinski definition) is 1. The molecule has 130 valence electrons. The van der Waals surface area contributed by atoms with E-state index < -0.39 is 39.5 Å². The lowest BCUT2D eigenvalue weighted by atomic mass is 10.2. The summed E-state index contributed by atoms with van der Waals surface area (Å²) in [5.41, 5.74) is -3.53. The van der Waals surface area contributed by atoms with Gasteiger partial charge >= 0.3 is 12.4 Å². The van der Waals surface area contributed by atoms with E-state index in [1.807, 2.05) is 0 Å². The van der Waals surface area contributed by atoms with Gasteiger partial charge in [0.05, 0.1) is 10.5 Å². The van der Waals surface area contributed by atoms with E-state index in [2.05, 4.69) is 4.98 Å². The number of halogens is 6. The number of nitrogens with zero attached hydrogens (tertiary/aromatic N) is 1. The third-order valence-electron chi connectivity index (χ3n) is 2.74. The van der Waals surface area contributed by atoms with Crippen LogP contribution < -0.4 is 4.72 Å². The maximum Gasteiger partial charge on any atom is 0.433 e. The van der Waals surface area contributed by atoms with E-state index in [9.17, 15) is 34.8 Å². The molecule has 24 heavy (non-hydrogen) atoms. The topological polar surface area (TPSA) is 59.1 Å². The molecule has 0 bridgehead atoms. The van der Waals surface area contributed by atoms with Gasteiger partial charge in [-0.05, 0) is 24.3 Å². The van der Waals surface area contributed by atoms with Crippen molar-refractivity contribution in [1.29, 1.82) is 0 Å². The van der Waals surface area contributed by atoms with Gasteiger partial charge in [0.15, 0.2) is 0 Å². The summed E-state index contributed by atoms with van der Waals surface area (Å²) < 4.78 is 102. The van der Waals surface area contributed by atoms with Gasteiger partial charge in [0.2, 0.25) is 0 Å². The molecule has 0 spiro atoms. The van der Waals surface area contributed by atoms with Crippen LogP contribution in [0.2, 0.25) is 0 Å². The summed E-state index contributed by atoms with van der Waals surface area (Å²) >= 11 is 0. The third kappa shape index (κ3) is 4.16. The maximum atomic E-state index is 12.7. The van der Waals surface area contributed by atoms with E-state index in [1.54, 1.807) is 4.72 Å². The van der Waals surface area contributed by atoms with E-state index in [1.165, 1.54) is 18.2 Å². The Morgan fingerprint density at radius 1 is 0.875 bits per heavy atom. The van der Waals surface area contributed by atoms with Gasteiger partial charge < -0.3 is 0 Å². The molecule has 0 radical (unpaired) electrons. The van der Waals surface area contributed by atoms with Crippen LogP contribution in [0.25, 0.3) is 0 Å². The molecule has 1 heterocycles. The molecule has 4 nitrogen and oxygen atoms in total. The molecule has 0 saturated heterocycles. The second kappa shape index (κ2) is 5.96. The summed E-state index contributed by atoms with van der Waals surface area (Å²) in [4.78, 5) is 2.58. The number of nitrogens with one attached hydrogen (secondary N) is 1. The zero-order valence-corrected chi connectivity index (χ0v) is 12.3. The molecule has 0 aliphatic heterocycles. The van der Waals surface area contributed by atoms with E-state index in [0.29, 0.717) is 0 Å². The fourth-order valence-electron chi connectivity index (χ4n) is 1.69. The zero-order chi connectivity index (χ0) is 18.2. The quantitative estimate of drug-likeness (QED) is 0.834. The van der Waals surface area contributed by atoms with E-state index >= 15 is 0 Å². The summed E-state index contributed by atoms with van der Waals surface area (Å²) in [6.07, 6.45) is -10.3. The van der Waals surface area contributed by atoms with Crippen molar-refractivity contribution in [3.05, 3.63) is 53.7 Å². The van der Waals surface area contributed by atoms with Crippen molar-refractivity contribution < 1.29 is 34.8 Å². The van der Waals surface area contributed by atoms with Crippen molar-refractivity contribution in [2.75, 3.05) is 4.72 Å². The molecule has 2 aromatic rings. The molecule has 0 unspecified atom stereocenters. The Labute approximate surface area is 132 Å². The van der Waals surface area contributed by atoms with Crippen LogP contribution in [0.5, 0.6) is 0 Å². The van der Waals surface area contributed by atoms with Gasteiger partial charge in [-0.1, -0.05) is 18.2 Å². The molecule has 0 amide bonds. The Morgan fingerprint density at radius 3 is 1.96 bits per heavy atom. The number of pyridine rings is 1. The largest absolute Gasteiger partial charge is 0.433 e. The van der Waals surface area contributed by atoms with Crippen LogP contribution in [0.15, 0.2) is 47.4 Å². The SMILES string of the molecule is O=S(=O)(Nc1cc(C(F)(F)F)cc(C(F)(F)F)n1)c1ccccc1. The van der Waals surface area contributed by atoms with Crippen LogP contribution in [-0.2, 0) is 22.4 Å². The first-order chi connectivity index (χ1) is 10.9. The molecular weight excluding hydrogens is 362 g/mol. The van der Waals surface area contributed by atoms with Gasteiger partial charge in [-0.15, -0.1) is 0 Å². The normalized spacial score (nSPS) is 12.9. The van der Waals surface area contributed by atoms with Crippen molar-refractivity contribution in [2.45, 2.75) is 17.2 Å². The van der Waals surface area contributed by atoms with Crippen molar-refractivity contribution >= 4 is 15.8 Å². The smallest absolute Gasteiger partial charge is 0.263 e. The highest BCUT2D eigenvalue weighted by molar-refractivity contribution is 7.92. The van der Waals surface area contributed by atoms with E-state index in [4.69, 9.17) is 0 Å². The van der Waals surface area contributed by atoms with Crippen molar-refractivity contribution in [3.63, 3.8) is 0 Å². The minimum atomic E-state index is -5.17. The Morgan fingerprint density at radius 2 is 1.46 bits per heavy atom. The second-order valence-electron chi connectivity index (χ2n) is 4.54. The zero-order valence-electron chi connectivity index (χ0n) is 11.5. The molecule has 0 fully saturated rings. The van der Waals surface area contributed by atoms with Gasteiger partial charge in [0.1, 0.15) is 11.5 Å². The Bertz CT molecular complexity index is 800. The minimum absolute atomic E-state index is 0.190. The monoisotopic (exact) mass is 370 g/mol. The maximum absolute atomic E-state index is 12.7. The van der Waals surface area contributed by atoms with E-state index in [-0.39, 0.29) is 17.0 Å². The molecule has 0 atom stereocenters. The average molecular weight is 370 g/mol. The van der Waals surface area contributed by atoms with Crippen LogP contribution >= 0.6 is 0 Å². The first kappa shape index (κ1) is 18.0. The molecular formula is C13H8F6N2O2S. The summed E-state index contributed by atoms with van der Waals surface area (Å²) in [5, 5.41) is 0. The summed E-state index contributed by atoms with van der Waals surface area (Å²) in [6, 6.07) is 6.42. The van der Waals surface area contributed by atoms with Gasteiger partial charge in [-0.2, -0.15) is 26.3 Å². The second-order valence-corrected chi connectivity index (χ2v) is 6.22. The van der Waals surface area contributed by atoms with Crippen LogP contribution in [0.3, 0.4) is 0 Å². The summed E-state index contributed by atoms with van der Waals surface area (Å²) in [7, 11) is -4.39. The molecule has 0 saturated carbocycles. The van der Waals surface area contributed by atoms with E-state index in [0.717, 1.165) is 12.1 Å². The first-order valence-corrected chi connectivity index (χ1v) is 7.62. The van der Waals surface area contributed by atoms with Crippen molar-refractivity contribution in [1.82, 2.24) is 4.98 Å². The predicted octanol–water partition coefficient (Wildman–Crippen LogP) is 3.92. The number of rotatable bonds is 3.